The van der Waals surface area contributed by atoms with Crippen molar-refractivity contribution in [2.45, 2.75) is 12.8 Å². The van der Waals surface area contributed by atoms with Gasteiger partial charge in [0.25, 0.3) is 0 Å². The maximum absolute atomic E-state index is 6.03. The van der Waals surface area contributed by atoms with E-state index < -0.39 is 0 Å². The van der Waals surface area contributed by atoms with Gasteiger partial charge in [-0.1, -0.05) is 17.7 Å². The van der Waals surface area contributed by atoms with Crippen LogP contribution in [0.4, 0.5) is 0 Å². The fraction of sp³-hybridized carbons (Fsp3) is 0.400. The molecular formula is C10H11BrClN. The number of fused-ring (bicyclic) bond motifs is 1. The zero-order chi connectivity index (χ0) is 9.26. The molecule has 0 radical (unpaired) electrons. The van der Waals surface area contributed by atoms with Crippen molar-refractivity contribution >= 4 is 27.5 Å². The molecule has 0 aromatic heterocycles. The van der Waals surface area contributed by atoms with Gasteiger partial charge in [0.05, 0.1) is 5.02 Å². The number of nitrogens with one attached hydrogen (secondary N) is 1. The molecule has 0 aliphatic carbocycles. The number of benzene rings is 1. The van der Waals surface area contributed by atoms with Gasteiger partial charge >= 0.3 is 0 Å². The minimum Gasteiger partial charge on any atom is -0.316 e. The lowest BCUT2D eigenvalue weighted by Crippen LogP contribution is -2.16. The van der Waals surface area contributed by atoms with Crippen LogP contribution in [-0.4, -0.2) is 13.1 Å². The molecule has 1 aliphatic heterocycles. The minimum atomic E-state index is 0.820. The fourth-order valence-electron chi connectivity index (χ4n) is 1.70. The van der Waals surface area contributed by atoms with E-state index in [1.165, 1.54) is 11.1 Å². The summed E-state index contributed by atoms with van der Waals surface area (Å²) in [5.74, 6) is 0. The van der Waals surface area contributed by atoms with Gasteiger partial charge in [0.15, 0.2) is 0 Å². The molecule has 1 N–H and O–H groups in total. The average Bonchev–Trinajstić information content (AvgIpc) is 2.36. The Kier molecular flexibility index (Phi) is 2.92. The quantitative estimate of drug-likeness (QED) is 0.756. The molecule has 0 fully saturated rings. The summed E-state index contributed by atoms with van der Waals surface area (Å²) in [5.41, 5.74) is 2.79. The molecule has 2 rings (SSSR count). The van der Waals surface area contributed by atoms with Gasteiger partial charge in [-0.3, -0.25) is 0 Å². The first-order chi connectivity index (χ1) is 6.29. The van der Waals surface area contributed by atoms with E-state index >= 15 is 0 Å². The smallest absolute Gasteiger partial charge is 0.0551 e. The zero-order valence-corrected chi connectivity index (χ0v) is 9.58. The molecule has 3 heteroatoms. The topological polar surface area (TPSA) is 12.0 Å². The first-order valence-electron chi connectivity index (χ1n) is 4.45. The molecule has 13 heavy (non-hydrogen) atoms. The molecule has 1 aliphatic rings. The van der Waals surface area contributed by atoms with E-state index in [1.54, 1.807) is 0 Å². The lowest BCUT2D eigenvalue weighted by Gasteiger charge is -2.08. The van der Waals surface area contributed by atoms with Gasteiger partial charge in [0.1, 0.15) is 0 Å². The Bertz CT molecular complexity index is 325. The van der Waals surface area contributed by atoms with Crippen LogP contribution in [0.5, 0.6) is 0 Å². The molecule has 1 aromatic carbocycles. The van der Waals surface area contributed by atoms with Crippen LogP contribution in [-0.2, 0) is 12.8 Å². The van der Waals surface area contributed by atoms with Crippen molar-refractivity contribution < 1.29 is 0 Å². The van der Waals surface area contributed by atoms with Crippen LogP contribution in [0, 0.1) is 0 Å². The predicted octanol–water partition coefficient (Wildman–Crippen LogP) is 2.79. The van der Waals surface area contributed by atoms with Gasteiger partial charge < -0.3 is 5.32 Å². The summed E-state index contributed by atoms with van der Waals surface area (Å²) in [6, 6.07) is 4.10. The fourth-order valence-corrected chi connectivity index (χ4v) is 2.46. The van der Waals surface area contributed by atoms with E-state index in [0.29, 0.717) is 0 Å². The van der Waals surface area contributed by atoms with Crippen molar-refractivity contribution in [2.24, 2.45) is 0 Å². The second kappa shape index (κ2) is 3.99. The van der Waals surface area contributed by atoms with Gasteiger partial charge in [-0.25, -0.2) is 0 Å². The molecule has 0 bridgehead atoms. The summed E-state index contributed by atoms with van der Waals surface area (Å²) in [5, 5.41) is 4.20. The molecule has 1 aromatic rings. The van der Waals surface area contributed by atoms with Crippen molar-refractivity contribution in [3.05, 3.63) is 32.8 Å². The van der Waals surface area contributed by atoms with E-state index in [9.17, 15) is 0 Å². The van der Waals surface area contributed by atoms with Gasteiger partial charge in [-0.15, -0.1) is 0 Å². The molecule has 0 amide bonds. The summed E-state index contributed by atoms with van der Waals surface area (Å²) < 4.78 is 1.08. The van der Waals surface area contributed by atoms with E-state index in [4.69, 9.17) is 11.6 Å². The molecular weight excluding hydrogens is 249 g/mol. The Morgan fingerprint density at radius 1 is 1.23 bits per heavy atom. The highest BCUT2D eigenvalue weighted by molar-refractivity contribution is 9.10. The van der Waals surface area contributed by atoms with Crippen molar-refractivity contribution in [1.29, 1.82) is 0 Å². The van der Waals surface area contributed by atoms with Crippen LogP contribution >= 0.6 is 27.5 Å². The van der Waals surface area contributed by atoms with E-state index in [1.807, 2.05) is 6.07 Å². The zero-order valence-electron chi connectivity index (χ0n) is 7.24. The highest BCUT2D eigenvalue weighted by atomic mass is 79.9. The van der Waals surface area contributed by atoms with Crippen LogP contribution in [0.2, 0.25) is 5.02 Å². The third-order valence-corrected chi connectivity index (χ3v) is 3.87. The van der Waals surface area contributed by atoms with Gasteiger partial charge in [-0.05, 0) is 59.1 Å². The molecule has 0 saturated heterocycles. The Morgan fingerprint density at radius 3 is 2.85 bits per heavy atom. The van der Waals surface area contributed by atoms with Gasteiger partial charge in [0.2, 0.25) is 0 Å². The molecule has 1 heterocycles. The number of hydrogen-bond donors (Lipinski definition) is 1. The number of halogens is 2. The van der Waals surface area contributed by atoms with Crippen LogP contribution < -0.4 is 5.32 Å². The monoisotopic (exact) mass is 259 g/mol. The van der Waals surface area contributed by atoms with E-state index in [2.05, 4.69) is 27.3 Å². The van der Waals surface area contributed by atoms with Crippen molar-refractivity contribution in [3.63, 3.8) is 0 Å². The van der Waals surface area contributed by atoms with Crippen LogP contribution in [0.3, 0.4) is 0 Å². The van der Waals surface area contributed by atoms with Gasteiger partial charge in [0, 0.05) is 4.47 Å². The average molecular weight is 261 g/mol. The van der Waals surface area contributed by atoms with Crippen molar-refractivity contribution in [3.8, 4) is 0 Å². The standard InChI is InChI=1S/C10H11BrClN/c11-10-8-4-6-13-5-3-7(8)1-2-9(10)12/h1-2,13H,3-6H2. The Morgan fingerprint density at radius 2 is 2.00 bits per heavy atom. The lowest BCUT2D eigenvalue weighted by molar-refractivity contribution is 0.710. The molecule has 0 spiro atoms. The highest BCUT2D eigenvalue weighted by Gasteiger charge is 2.12. The van der Waals surface area contributed by atoms with E-state index in [-0.39, 0.29) is 0 Å². The SMILES string of the molecule is Clc1ccc2c(c1Br)CCNCC2. The molecule has 70 valence electrons. The second-order valence-corrected chi connectivity index (χ2v) is 4.45. The van der Waals surface area contributed by atoms with Crippen LogP contribution in [0.1, 0.15) is 11.1 Å². The molecule has 0 saturated carbocycles. The Hall–Kier alpha value is -0.0500. The Balaban J connectivity index is 2.48. The summed E-state index contributed by atoms with van der Waals surface area (Å²) in [4.78, 5) is 0. The maximum Gasteiger partial charge on any atom is 0.0551 e. The van der Waals surface area contributed by atoms with Gasteiger partial charge in [-0.2, -0.15) is 0 Å². The molecule has 1 nitrogen and oxygen atoms in total. The van der Waals surface area contributed by atoms with Crippen molar-refractivity contribution in [2.75, 3.05) is 13.1 Å². The summed E-state index contributed by atoms with van der Waals surface area (Å²) in [6.07, 6.45) is 2.17. The summed E-state index contributed by atoms with van der Waals surface area (Å²) >= 11 is 9.57. The second-order valence-electron chi connectivity index (χ2n) is 3.25. The largest absolute Gasteiger partial charge is 0.316 e. The van der Waals surface area contributed by atoms with E-state index in [0.717, 1.165) is 35.4 Å². The molecule has 0 unspecified atom stereocenters. The summed E-state index contributed by atoms with van der Waals surface area (Å²) in [6.45, 7) is 2.12. The Labute approximate surface area is 91.6 Å². The maximum atomic E-state index is 6.03. The third-order valence-electron chi connectivity index (χ3n) is 2.42. The first kappa shape index (κ1) is 9.50. The van der Waals surface area contributed by atoms with Crippen LogP contribution in [0.25, 0.3) is 0 Å². The highest BCUT2D eigenvalue weighted by Crippen LogP contribution is 2.30. The lowest BCUT2D eigenvalue weighted by atomic mass is 10.0. The normalized spacial score (nSPS) is 16.5. The number of rotatable bonds is 0. The predicted molar refractivity (Wildman–Crippen MR) is 59.4 cm³/mol. The minimum absolute atomic E-state index is 0.820. The van der Waals surface area contributed by atoms with Crippen molar-refractivity contribution in [1.82, 2.24) is 5.32 Å². The number of hydrogen-bond acceptors (Lipinski definition) is 1. The van der Waals surface area contributed by atoms with Crippen LogP contribution in [0.15, 0.2) is 16.6 Å². The first-order valence-corrected chi connectivity index (χ1v) is 5.62. The molecule has 0 atom stereocenters. The third kappa shape index (κ3) is 1.90. The summed E-state index contributed by atoms with van der Waals surface area (Å²) in [7, 11) is 0.